The normalized spacial score (nSPS) is 9.65. The molecule has 0 atom stereocenters. The molecular weight excluding hydrogens is 319 g/mol. The molecule has 0 unspecified atom stereocenters. The van der Waals surface area contributed by atoms with E-state index in [2.05, 4.69) is 58.7 Å². The van der Waals surface area contributed by atoms with Crippen LogP contribution in [0.25, 0.3) is 0 Å². The van der Waals surface area contributed by atoms with Crippen LogP contribution in [0.4, 0.5) is 0 Å². The summed E-state index contributed by atoms with van der Waals surface area (Å²) in [6, 6.07) is 11.1. The van der Waals surface area contributed by atoms with E-state index in [4.69, 9.17) is 0 Å². The SMILES string of the molecule is CC.CCc1c[c-]ccc1.[CH2-]N(CC)CC(C)(C)C.[Y]. The minimum atomic E-state index is 0. The number of hydrogen-bond acceptors (Lipinski definition) is 1. The van der Waals surface area contributed by atoms with Crippen LogP contribution in [0.1, 0.15) is 54.0 Å². The first-order valence-corrected chi connectivity index (χ1v) is 7.39. The first-order valence-electron chi connectivity index (χ1n) is 7.39. The summed E-state index contributed by atoms with van der Waals surface area (Å²) in [7, 11) is 3.88. The van der Waals surface area contributed by atoms with Crippen molar-refractivity contribution in [2.45, 2.75) is 54.9 Å². The smallest absolute Gasteiger partial charge is 0 e. The Morgan fingerprint density at radius 3 is 1.95 bits per heavy atom. The summed E-state index contributed by atoms with van der Waals surface area (Å²) < 4.78 is 0. The predicted octanol–water partition coefficient (Wildman–Crippen LogP) is 5.22. The third-order valence-corrected chi connectivity index (χ3v) is 2.32. The Hall–Kier alpha value is 0.284. The molecule has 0 spiro atoms. The maximum Gasteiger partial charge on any atom is 0 e. The molecule has 1 rings (SSSR count). The molecule has 0 saturated heterocycles. The Morgan fingerprint density at radius 1 is 1.20 bits per heavy atom. The Kier molecular flexibility index (Phi) is 19.8. The molecule has 0 aliphatic carbocycles. The maximum absolute atomic E-state index is 3.88. The van der Waals surface area contributed by atoms with Crippen LogP contribution in [0.3, 0.4) is 0 Å². The molecule has 2 heteroatoms. The molecule has 0 aromatic heterocycles. The fourth-order valence-corrected chi connectivity index (χ4v) is 1.43. The molecule has 1 aromatic rings. The Balaban J connectivity index is -0.000000246. The van der Waals surface area contributed by atoms with E-state index in [1.54, 1.807) is 0 Å². The summed E-state index contributed by atoms with van der Waals surface area (Å²) in [6.45, 7) is 17.0. The van der Waals surface area contributed by atoms with Crippen molar-refractivity contribution in [3.8, 4) is 0 Å². The summed E-state index contributed by atoms with van der Waals surface area (Å²) in [5, 5.41) is 0. The van der Waals surface area contributed by atoms with Crippen molar-refractivity contribution < 1.29 is 32.7 Å². The molecule has 0 aliphatic rings. The number of aryl methyl sites for hydroxylation is 1. The van der Waals surface area contributed by atoms with Crippen molar-refractivity contribution in [2.24, 2.45) is 5.41 Å². The maximum atomic E-state index is 3.88. The minimum absolute atomic E-state index is 0. The van der Waals surface area contributed by atoms with Gasteiger partial charge in [-0.25, -0.2) is 0 Å². The van der Waals surface area contributed by atoms with Gasteiger partial charge in [0.1, 0.15) is 0 Å². The number of hydrogen-bond donors (Lipinski definition) is 0. The van der Waals surface area contributed by atoms with Crippen LogP contribution >= 0.6 is 0 Å². The molecule has 1 aromatic carbocycles. The van der Waals surface area contributed by atoms with E-state index in [1.807, 2.05) is 32.0 Å². The second-order valence-electron chi connectivity index (χ2n) is 5.47. The van der Waals surface area contributed by atoms with E-state index in [-0.39, 0.29) is 32.7 Å². The monoisotopic (exact) mass is 352 g/mol. The summed E-state index contributed by atoms with van der Waals surface area (Å²) in [6.07, 6.45) is 1.11. The van der Waals surface area contributed by atoms with Gasteiger partial charge in [-0.05, 0) is 18.5 Å². The van der Waals surface area contributed by atoms with Crippen LogP contribution in [-0.2, 0) is 39.1 Å². The van der Waals surface area contributed by atoms with Crippen molar-refractivity contribution in [3.63, 3.8) is 0 Å². The Bertz CT molecular complexity index is 277. The number of benzene rings is 1. The van der Waals surface area contributed by atoms with Crippen LogP contribution in [0.2, 0.25) is 0 Å². The average molecular weight is 352 g/mol. The van der Waals surface area contributed by atoms with Gasteiger partial charge in [0.05, 0.1) is 0 Å². The molecule has 1 radical (unpaired) electrons. The van der Waals surface area contributed by atoms with Crippen LogP contribution in [0, 0.1) is 18.5 Å². The number of nitrogens with zero attached hydrogens (tertiary/aromatic N) is 1. The molecule has 0 saturated carbocycles. The van der Waals surface area contributed by atoms with Crippen LogP contribution in [0.5, 0.6) is 0 Å². The second kappa shape index (κ2) is 15.7. The standard InChI is InChI=1S/C8H18N.C8H9.C2H6.Y/c1-6-9(5)7-8(2,3)4;1-2-8-6-4-3-5-7-8;1-2;/h5-7H2,1-4H3;3-4,6-7H,2H2,1H3;1-2H3;/q2*-1;;. The molecule has 0 amide bonds. The molecule has 0 fully saturated rings. The quantitative estimate of drug-likeness (QED) is 0.674. The third-order valence-electron chi connectivity index (χ3n) is 2.32. The van der Waals surface area contributed by atoms with Gasteiger partial charge in [-0.2, -0.15) is 35.9 Å². The molecule has 0 bridgehead atoms. The van der Waals surface area contributed by atoms with Crippen LogP contribution in [0.15, 0.2) is 24.3 Å². The van der Waals surface area contributed by atoms with E-state index in [0.29, 0.717) is 5.41 Å². The summed E-state index contributed by atoms with van der Waals surface area (Å²) in [5.74, 6) is 0. The molecule has 0 N–H and O–H groups in total. The van der Waals surface area contributed by atoms with Gasteiger partial charge in [-0.1, -0.05) is 54.9 Å². The van der Waals surface area contributed by atoms with Crippen molar-refractivity contribution in [3.05, 3.63) is 42.9 Å². The largest absolute Gasteiger partial charge is 0.459 e. The van der Waals surface area contributed by atoms with Gasteiger partial charge in [-0.15, -0.1) is 0 Å². The molecule has 0 aliphatic heterocycles. The second-order valence-corrected chi connectivity index (χ2v) is 5.47. The van der Waals surface area contributed by atoms with E-state index in [1.165, 1.54) is 5.56 Å². The van der Waals surface area contributed by atoms with Crippen molar-refractivity contribution in [2.75, 3.05) is 13.1 Å². The van der Waals surface area contributed by atoms with E-state index < -0.39 is 0 Å². The van der Waals surface area contributed by atoms with E-state index >= 15 is 0 Å². The molecule has 1 nitrogen and oxygen atoms in total. The fraction of sp³-hybridized carbons (Fsp3) is 0.611. The van der Waals surface area contributed by atoms with Gasteiger partial charge in [0.15, 0.2) is 0 Å². The zero-order chi connectivity index (χ0) is 15.3. The average Bonchev–Trinajstić information content (AvgIpc) is 2.40. The van der Waals surface area contributed by atoms with Gasteiger partial charge < -0.3 is 4.90 Å². The minimum Gasteiger partial charge on any atom is -0.459 e. The Morgan fingerprint density at radius 2 is 1.75 bits per heavy atom. The Labute approximate surface area is 153 Å². The van der Waals surface area contributed by atoms with Gasteiger partial charge in [0.25, 0.3) is 0 Å². The van der Waals surface area contributed by atoms with E-state index in [0.717, 1.165) is 19.5 Å². The van der Waals surface area contributed by atoms with Crippen molar-refractivity contribution in [1.29, 1.82) is 0 Å². The molecule has 115 valence electrons. The fourth-order valence-electron chi connectivity index (χ4n) is 1.43. The summed E-state index contributed by atoms with van der Waals surface area (Å²) >= 11 is 0. The zero-order valence-electron chi connectivity index (χ0n) is 14.7. The van der Waals surface area contributed by atoms with Gasteiger partial charge in [0, 0.05) is 32.7 Å². The predicted molar refractivity (Wildman–Crippen MR) is 88.1 cm³/mol. The van der Waals surface area contributed by atoms with Gasteiger partial charge in [0.2, 0.25) is 0 Å². The summed E-state index contributed by atoms with van der Waals surface area (Å²) in [5.41, 5.74) is 1.74. The number of rotatable bonds is 3. The molecule has 0 heterocycles. The zero-order valence-corrected chi connectivity index (χ0v) is 17.5. The van der Waals surface area contributed by atoms with Crippen molar-refractivity contribution >= 4 is 0 Å². The van der Waals surface area contributed by atoms with Crippen LogP contribution in [-0.4, -0.2) is 18.0 Å². The van der Waals surface area contributed by atoms with Crippen LogP contribution < -0.4 is 0 Å². The first kappa shape index (κ1) is 25.2. The third kappa shape index (κ3) is 18.3. The first-order chi connectivity index (χ1) is 8.89. The molecular formula is C18H33NY-2. The van der Waals surface area contributed by atoms with Gasteiger partial charge in [-0.3, -0.25) is 7.05 Å². The van der Waals surface area contributed by atoms with E-state index in [9.17, 15) is 0 Å². The topological polar surface area (TPSA) is 3.24 Å². The molecule has 20 heavy (non-hydrogen) atoms. The van der Waals surface area contributed by atoms with Crippen molar-refractivity contribution in [1.82, 2.24) is 4.90 Å². The summed E-state index contributed by atoms with van der Waals surface area (Å²) in [4.78, 5) is 2.08. The van der Waals surface area contributed by atoms with Gasteiger partial charge >= 0.3 is 0 Å².